The molecular formula is C22H24NO3P. The summed E-state index contributed by atoms with van der Waals surface area (Å²) in [5, 5.41) is 2.97. The molecule has 140 valence electrons. The SMILES string of the molecule is Cc1cccc(OP(=O)(Nc2ccc(C)c(C)c2)Oc2cccc(C)c2)c1. The number of rotatable bonds is 6. The topological polar surface area (TPSA) is 47.6 Å². The van der Waals surface area contributed by atoms with E-state index in [1.807, 2.05) is 82.3 Å². The summed E-state index contributed by atoms with van der Waals surface area (Å²) < 4.78 is 25.2. The molecule has 4 nitrogen and oxygen atoms in total. The summed E-state index contributed by atoms with van der Waals surface area (Å²) in [5.74, 6) is 0.977. The summed E-state index contributed by atoms with van der Waals surface area (Å²) in [6.45, 7) is 7.95. The minimum Gasteiger partial charge on any atom is -0.400 e. The molecule has 0 spiro atoms. The van der Waals surface area contributed by atoms with Crippen LogP contribution in [0, 0.1) is 27.7 Å². The summed E-state index contributed by atoms with van der Waals surface area (Å²) in [6.07, 6.45) is 0. The molecule has 1 N–H and O–H groups in total. The Morgan fingerprint density at radius 3 is 1.74 bits per heavy atom. The van der Waals surface area contributed by atoms with E-state index in [0.717, 1.165) is 22.3 Å². The molecule has 0 aromatic heterocycles. The van der Waals surface area contributed by atoms with Crippen LogP contribution in [0.25, 0.3) is 0 Å². The van der Waals surface area contributed by atoms with Gasteiger partial charge in [-0.05, 0) is 86.3 Å². The molecule has 3 rings (SSSR count). The molecule has 0 radical (unpaired) electrons. The van der Waals surface area contributed by atoms with Gasteiger partial charge in [-0.2, -0.15) is 0 Å². The van der Waals surface area contributed by atoms with Crippen LogP contribution in [0.3, 0.4) is 0 Å². The lowest BCUT2D eigenvalue weighted by molar-refractivity contribution is 0.392. The molecular weight excluding hydrogens is 357 g/mol. The van der Waals surface area contributed by atoms with E-state index in [-0.39, 0.29) is 0 Å². The number of hydrogen-bond donors (Lipinski definition) is 1. The zero-order chi connectivity index (χ0) is 19.4. The Morgan fingerprint density at radius 2 is 1.26 bits per heavy atom. The standard InChI is InChI=1S/C22H24NO3P/c1-16-7-5-9-21(13-16)25-27(24,26-22-10-6-8-17(2)14-22)23-20-12-11-18(3)19(4)15-20/h5-15H,1-4H3,(H,23,24). The van der Waals surface area contributed by atoms with Crippen molar-refractivity contribution in [3.8, 4) is 11.5 Å². The highest BCUT2D eigenvalue weighted by Gasteiger charge is 2.29. The van der Waals surface area contributed by atoms with Gasteiger partial charge in [0.25, 0.3) is 0 Å². The lowest BCUT2D eigenvalue weighted by Gasteiger charge is -2.22. The van der Waals surface area contributed by atoms with E-state index in [2.05, 4.69) is 5.09 Å². The maximum Gasteiger partial charge on any atom is 0.541 e. The van der Waals surface area contributed by atoms with Crippen molar-refractivity contribution in [1.82, 2.24) is 0 Å². The van der Waals surface area contributed by atoms with E-state index >= 15 is 0 Å². The fourth-order valence-corrected chi connectivity index (χ4v) is 4.02. The fraction of sp³-hybridized carbons (Fsp3) is 0.182. The number of anilines is 1. The van der Waals surface area contributed by atoms with E-state index in [4.69, 9.17) is 9.05 Å². The smallest absolute Gasteiger partial charge is 0.400 e. The van der Waals surface area contributed by atoms with E-state index in [9.17, 15) is 4.57 Å². The molecule has 0 aliphatic rings. The fourth-order valence-electron chi connectivity index (χ4n) is 2.66. The molecule has 3 aromatic rings. The lowest BCUT2D eigenvalue weighted by Crippen LogP contribution is -2.10. The maximum absolute atomic E-state index is 13.6. The summed E-state index contributed by atoms with van der Waals surface area (Å²) in [6, 6.07) is 20.6. The van der Waals surface area contributed by atoms with Crippen molar-refractivity contribution in [1.29, 1.82) is 0 Å². The van der Waals surface area contributed by atoms with Crippen LogP contribution in [0.15, 0.2) is 66.7 Å². The van der Waals surface area contributed by atoms with E-state index in [0.29, 0.717) is 17.2 Å². The average Bonchev–Trinajstić information content (AvgIpc) is 2.58. The first kappa shape index (κ1) is 19.1. The first-order chi connectivity index (χ1) is 12.8. The second-order valence-corrected chi connectivity index (χ2v) is 8.31. The van der Waals surface area contributed by atoms with Crippen LogP contribution < -0.4 is 14.1 Å². The molecule has 5 heteroatoms. The Labute approximate surface area is 160 Å². The number of nitrogens with one attached hydrogen (secondary N) is 1. The van der Waals surface area contributed by atoms with Crippen molar-refractivity contribution in [2.45, 2.75) is 27.7 Å². The van der Waals surface area contributed by atoms with Gasteiger partial charge in [-0.1, -0.05) is 30.3 Å². The molecule has 3 aromatic carbocycles. The van der Waals surface area contributed by atoms with E-state index in [1.165, 1.54) is 0 Å². The van der Waals surface area contributed by atoms with Crippen LogP contribution in [-0.2, 0) is 4.57 Å². The van der Waals surface area contributed by atoms with Gasteiger partial charge in [-0.3, -0.25) is 5.09 Å². The normalized spacial score (nSPS) is 11.1. The number of benzene rings is 3. The minimum absolute atomic E-state index is 0.488. The van der Waals surface area contributed by atoms with Crippen LogP contribution in [0.4, 0.5) is 5.69 Å². The maximum atomic E-state index is 13.6. The van der Waals surface area contributed by atoms with Crippen LogP contribution >= 0.6 is 7.75 Å². The van der Waals surface area contributed by atoms with Crippen LogP contribution in [0.1, 0.15) is 22.3 Å². The van der Waals surface area contributed by atoms with Crippen LogP contribution in [0.2, 0.25) is 0 Å². The summed E-state index contributed by atoms with van der Waals surface area (Å²) in [5.41, 5.74) is 4.97. The largest absolute Gasteiger partial charge is 0.541 e. The van der Waals surface area contributed by atoms with Gasteiger partial charge in [-0.15, -0.1) is 0 Å². The van der Waals surface area contributed by atoms with Gasteiger partial charge in [0.15, 0.2) is 0 Å². The first-order valence-corrected chi connectivity index (χ1v) is 10.4. The first-order valence-electron chi connectivity index (χ1n) is 8.81. The zero-order valence-corrected chi connectivity index (χ0v) is 16.9. The third-order valence-electron chi connectivity index (χ3n) is 4.20. The highest BCUT2D eigenvalue weighted by Crippen LogP contribution is 2.48. The second kappa shape index (κ2) is 7.89. The van der Waals surface area contributed by atoms with Gasteiger partial charge >= 0.3 is 7.75 Å². The summed E-state index contributed by atoms with van der Waals surface area (Å²) in [4.78, 5) is 0. The van der Waals surface area contributed by atoms with Gasteiger partial charge < -0.3 is 9.05 Å². The third kappa shape index (κ3) is 5.15. The Bertz CT molecular complexity index is 949. The Hall–Kier alpha value is -2.71. The highest BCUT2D eigenvalue weighted by atomic mass is 31.2. The van der Waals surface area contributed by atoms with Crippen molar-refractivity contribution < 1.29 is 13.6 Å². The molecule has 0 atom stereocenters. The average molecular weight is 381 g/mol. The third-order valence-corrected chi connectivity index (χ3v) is 5.64. The monoisotopic (exact) mass is 381 g/mol. The highest BCUT2D eigenvalue weighted by molar-refractivity contribution is 7.56. The molecule has 0 fully saturated rings. The molecule has 0 aliphatic carbocycles. The minimum atomic E-state index is -3.71. The Kier molecular flexibility index (Phi) is 5.57. The van der Waals surface area contributed by atoms with Crippen LogP contribution in [0.5, 0.6) is 11.5 Å². The van der Waals surface area contributed by atoms with Crippen molar-refractivity contribution >= 4 is 13.4 Å². The summed E-state index contributed by atoms with van der Waals surface area (Å²) >= 11 is 0. The number of hydrogen-bond acceptors (Lipinski definition) is 3. The predicted octanol–water partition coefficient (Wildman–Crippen LogP) is 6.60. The van der Waals surface area contributed by atoms with E-state index in [1.54, 1.807) is 12.1 Å². The van der Waals surface area contributed by atoms with Crippen molar-refractivity contribution in [2.75, 3.05) is 5.09 Å². The van der Waals surface area contributed by atoms with Gasteiger partial charge in [0.2, 0.25) is 0 Å². The van der Waals surface area contributed by atoms with Gasteiger partial charge in [0.05, 0.1) is 0 Å². The van der Waals surface area contributed by atoms with Gasteiger partial charge in [0.1, 0.15) is 11.5 Å². The molecule has 0 amide bonds. The van der Waals surface area contributed by atoms with Crippen molar-refractivity contribution in [2.24, 2.45) is 0 Å². The predicted molar refractivity (Wildman–Crippen MR) is 111 cm³/mol. The van der Waals surface area contributed by atoms with Gasteiger partial charge in [-0.25, -0.2) is 4.57 Å². The number of aryl methyl sites for hydroxylation is 4. The molecule has 0 unspecified atom stereocenters. The molecule has 0 saturated heterocycles. The molecule has 0 bridgehead atoms. The van der Waals surface area contributed by atoms with Gasteiger partial charge in [0, 0.05) is 5.69 Å². The molecule has 0 heterocycles. The van der Waals surface area contributed by atoms with Crippen molar-refractivity contribution in [3.63, 3.8) is 0 Å². The Balaban J connectivity index is 1.93. The zero-order valence-electron chi connectivity index (χ0n) is 16.0. The Morgan fingerprint density at radius 1 is 0.704 bits per heavy atom. The quantitative estimate of drug-likeness (QED) is 0.489. The van der Waals surface area contributed by atoms with Crippen molar-refractivity contribution in [3.05, 3.63) is 89.0 Å². The van der Waals surface area contributed by atoms with Crippen LogP contribution in [-0.4, -0.2) is 0 Å². The molecule has 27 heavy (non-hydrogen) atoms. The summed E-state index contributed by atoms with van der Waals surface area (Å²) in [7, 11) is -3.71. The van der Waals surface area contributed by atoms with E-state index < -0.39 is 7.75 Å². The second-order valence-electron chi connectivity index (χ2n) is 6.72. The molecule has 0 aliphatic heterocycles. The lowest BCUT2D eigenvalue weighted by atomic mass is 10.1. The molecule has 0 saturated carbocycles.